The molecule has 0 aliphatic carbocycles. The quantitative estimate of drug-likeness (QED) is 0.574. The van der Waals surface area contributed by atoms with Gasteiger partial charge in [0.1, 0.15) is 5.60 Å². The van der Waals surface area contributed by atoms with Crippen LogP contribution in [0.25, 0.3) is 0 Å². The van der Waals surface area contributed by atoms with Gasteiger partial charge in [-0.2, -0.15) is 5.06 Å². The Kier molecular flexibility index (Phi) is 5.79. The number of benzene rings is 1. The summed E-state index contributed by atoms with van der Waals surface area (Å²) in [6, 6.07) is 10.6. The molecule has 0 spiro atoms. The number of nitrogens with zero attached hydrogens (tertiary/aromatic N) is 5. The highest BCUT2D eigenvalue weighted by atomic mass is 16.8. The molecule has 4 saturated heterocycles. The van der Waals surface area contributed by atoms with Crippen LogP contribution in [0.5, 0.6) is 0 Å². The van der Waals surface area contributed by atoms with Gasteiger partial charge in [-0.1, -0.05) is 30.3 Å². The lowest BCUT2D eigenvalue weighted by Gasteiger charge is -2.44. The van der Waals surface area contributed by atoms with Crippen LogP contribution in [0, 0.1) is 5.92 Å². The number of amides is 1. The summed E-state index contributed by atoms with van der Waals surface area (Å²) < 4.78 is 17.5. The van der Waals surface area contributed by atoms with Crippen LogP contribution < -0.4 is 0 Å². The number of ether oxygens (including phenoxy) is 2. The van der Waals surface area contributed by atoms with Gasteiger partial charge in [0.2, 0.25) is 11.8 Å². The van der Waals surface area contributed by atoms with Crippen LogP contribution in [0.4, 0.5) is 4.79 Å². The molecule has 0 saturated carbocycles. The molecule has 2 bridgehead atoms. The van der Waals surface area contributed by atoms with Crippen LogP contribution >= 0.6 is 0 Å². The summed E-state index contributed by atoms with van der Waals surface area (Å²) in [6.07, 6.45) is 2.26. The molecule has 10 nitrogen and oxygen atoms in total. The molecule has 1 amide bonds. The molecule has 5 atom stereocenters. The lowest BCUT2D eigenvalue weighted by Crippen LogP contribution is -2.56. The lowest BCUT2D eigenvalue weighted by atomic mass is 9.95. The zero-order valence-electron chi connectivity index (χ0n) is 20.5. The molecule has 10 heteroatoms. The van der Waals surface area contributed by atoms with Gasteiger partial charge in [-0.15, -0.1) is 10.2 Å². The number of piperazine rings is 1. The molecule has 188 valence electrons. The smallest absolute Gasteiger partial charge is 0.410 e. The van der Waals surface area contributed by atoms with Crippen LogP contribution in [0.15, 0.2) is 34.7 Å². The second-order valence-corrected chi connectivity index (χ2v) is 11.0. The minimum absolute atomic E-state index is 0.00306. The van der Waals surface area contributed by atoms with E-state index in [-0.39, 0.29) is 30.6 Å². The van der Waals surface area contributed by atoms with Crippen LogP contribution in [0.3, 0.4) is 0 Å². The number of hydrogen-bond donors (Lipinski definition) is 0. The zero-order chi connectivity index (χ0) is 24.2. The first-order valence-corrected chi connectivity index (χ1v) is 12.5. The van der Waals surface area contributed by atoms with Crippen molar-refractivity contribution in [3.8, 4) is 0 Å². The van der Waals surface area contributed by atoms with Gasteiger partial charge in [-0.05, 0) is 39.2 Å². The Morgan fingerprint density at radius 1 is 1.09 bits per heavy atom. The number of rotatable bonds is 6. The average molecular weight is 484 g/mol. The second kappa shape index (κ2) is 8.85. The summed E-state index contributed by atoms with van der Waals surface area (Å²) in [7, 11) is 0. The number of epoxide rings is 1. The highest BCUT2D eigenvalue weighted by molar-refractivity contribution is 5.69. The molecule has 4 aliphatic heterocycles. The number of hydrogen-bond acceptors (Lipinski definition) is 9. The van der Waals surface area contributed by atoms with E-state index in [0.717, 1.165) is 24.9 Å². The molecule has 1 aromatic heterocycles. The van der Waals surface area contributed by atoms with Crippen molar-refractivity contribution in [3.63, 3.8) is 0 Å². The molecule has 0 radical (unpaired) electrons. The van der Waals surface area contributed by atoms with Crippen LogP contribution in [-0.2, 0) is 27.3 Å². The zero-order valence-corrected chi connectivity index (χ0v) is 20.5. The third-order valence-electron chi connectivity index (χ3n) is 7.04. The highest BCUT2D eigenvalue weighted by Crippen LogP contribution is 2.46. The summed E-state index contributed by atoms with van der Waals surface area (Å²) in [5.41, 5.74) is 0.673. The van der Waals surface area contributed by atoms with Gasteiger partial charge in [-0.3, -0.25) is 9.74 Å². The predicted octanol–water partition coefficient (Wildman–Crippen LogP) is 3.11. The Hall–Kier alpha value is -2.53. The molecule has 2 aromatic rings. The van der Waals surface area contributed by atoms with E-state index in [1.165, 1.54) is 0 Å². The molecular weight excluding hydrogens is 450 g/mol. The topological polar surface area (TPSA) is 96.7 Å². The van der Waals surface area contributed by atoms with E-state index in [4.69, 9.17) is 18.7 Å². The first kappa shape index (κ1) is 22.9. The maximum atomic E-state index is 12.1. The van der Waals surface area contributed by atoms with E-state index in [1.807, 2.05) is 39.0 Å². The van der Waals surface area contributed by atoms with Gasteiger partial charge in [0, 0.05) is 32.0 Å². The fourth-order valence-electron chi connectivity index (χ4n) is 5.27. The Bertz CT molecular complexity index is 1050. The van der Waals surface area contributed by atoms with Crippen molar-refractivity contribution in [2.45, 2.75) is 76.8 Å². The van der Waals surface area contributed by atoms with Crippen LogP contribution in [-0.4, -0.2) is 74.9 Å². The third kappa shape index (κ3) is 4.80. The number of aromatic nitrogens is 2. The lowest BCUT2D eigenvalue weighted by molar-refractivity contribution is -0.240. The van der Waals surface area contributed by atoms with Crippen molar-refractivity contribution in [2.75, 3.05) is 19.6 Å². The van der Waals surface area contributed by atoms with Crippen molar-refractivity contribution in [3.05, 3.63) is 47.7 Å². The van der Waals surface area contributed by atoms with Gasteiger partial charge < -0.3 is 18.8 Å². The fraction of sp³-hybridized carbons (Fsp3) is 0.640. The van der Waals surface area contributed by atoms with Crippen molar-refractivity contribution in [1.29, 1.82) is 0 Å². The second-order valence-electron chi connectivity index (χ2n) is 11.0. The fourth-order valence-corrected chi connectivity index (χ4v) is 5.27. The third-order valence-corrected chi connectivity index (χ3v) is 7.04. The van der Waals surface area contributed by atoms with Crippen LogP contribution in [0.2, 0.25) is 0 Å². The highest BCUT2D eigenvalue weighted by Gasteiger charge is 2.59. The normalized spacial score (nSPS) is 30.5. The minimum Gasteiger partial charge on any atom is -0.444 e. The molecule has 1 aromatic carbocycles. The Balaban J connectivity index is 1.01. The summed E-state index contributed by atoms with van der Waals surface area (Å²) >= 11 is 0. The van der Waals surface area contributed by atoms with E-state index >= 15 is 0 Å². The molecule has 0 N–H and O–H groups in total. The van der Waals surface area contributed by atoms with Gasteiger partial charge in [0.15, 0.2) is 12.5 Å². The summed E-state index contributed by atoms with van der Waals surface area (Å²) in [4.78, 5) is 22.4. The van der Waals surface area contributed by atoms with E-state index in [2.05, 4.69) is 32.3 Å². The van der Waals surface area contributed by atoms with Gasteiger partial charge >= 0.3 is 6.09 Å². The number of carbonyl (C=O) groups excluding carboxylic acids is 1. The van der Waals surface area contributed by atoms with E-state index in [0.29, 0.717) is 43.8 Å². The number of carbonyl (C=O) groups is 1. The standard InChI is InChI=1S/C25H33N5O5/c1-25(2,3)35-24(31)28-12-17(13-28)11-20-26-27-21(33-20)19-10-9-18-14-29(19)22-23(34-22)30(18)32-15-16-7-5-4-6-8-16/h4-8,17-19,22-23H,9-15H2,1-3H3. The SMILES string of the molecule is CC(C)(C)OC(=O)N1CC(Cc2nnc(C3CCC4CN3C3OC3N4OCc3ccccc3)o2)C1. The number of piperidine rings is 1. The van der Waals surface area contributed by atoms with Gasteiger partial charge in [0.25, 0.3) is 0 Å². The maximum absolute atomic E-state index is 12.1. The first-order chi connectivity index (χ1) is 16.8. The first-order valence-electron chi connectivity index (χ1n) is 12.5. The minimum atomic E-state index is -0.480. The molecule has 5 heterocycles. The molecule has 5 unspecified atom stereocenters. The summed E-state index contributed by atoms with van der Waals surface area (Å²) in [6.45, 7) is 8.34. The van der Waals surface area contributed by atoms with Crippen molar-refractivity contribution in [1.82, 2.24) is 25.1 Å². The molecule has 35 heavy (non-hydrogen) atoms. The molecular formula is C25H33N5O5. The summed E-state index contributed by atoms with van der Waals surface area (Å²) in [5.74, 6) is 1.61. The van der Waals surface area contributed by atoms with Gasteiger partial charge in [-0.25, -0.2) is 4.79 Å². The van der Waals surface area contributed by atoms with Gasteiger partial charge in [0.05, 0.1) is 18.7 Å². The number of likely N-dealkylation sites (tertiary alicyclic amines) is 1. The molecule has 6 rings (SSSR count). The maximum Gasteiger partial charge on any atom is 0.410 e. The summed E-state index contributed by atoms with van der Waals surface area (Å²) in [5, 5.41) is 10.7. The number of hydroxylamine groups is 2. The van der Waals surface area contributed by atoms with Crippen molar-refractivity contribution < 1.29 is 23.5 Å². The van der Waals surface area contributed by atoms with E-state index in [9.17, 15) is 4.79 Å². The van der Waals surface area contributed by atoms with E-state index < -0.39 is 5.60 Å². The predicted molar refractivity (Wildman–Crippen MR) is 123 cm³/mol. The number of fused-ring (bicyclic) bond motifs is 4. The van der Waals surface area contributed by atoms with Crippen LogP contribution in [0.1, 0.15) is 57.0 Å². The average Bonchev–Trinajstić information content (AvgIpc) is 3.45. The molecule has 4 aliphatic rings. The Morgan fingerprint density at radius 3 is 2.66 bits per heavy atom. The van der Waals surface area contributed by atoms with Crippen molar-refractivity contribution >= 4 is 6.09 Å². The molecule has 4 fully saturated rings. The Morgan fingerprint density at radius 2 is 1.89 bits per heavy atom. The van der Waals surface area contributed by atoms with Crippen molar-refractivity contribution in [2.24, 2.45) is 5.92 Å². The van der Waals surface area contributed by atoms with E-state index in [1.54, 1.807) is 4.90 Å². The monoisotopic (exact) mass is 483 g/mol. The Labute approximate surface area is 205 Å². The largest absolute Gasteiger partial charge is 0.444 e.